The van der Waals surface area contributed by atoms with Gasteiger partial charge in [-0.15, -0.1) is 0 Å². The molecule has 4 nitrogen and oxygen atoms in total. The lowest BCUT2D eigenvalue weighted by atomic mass is 10.1. The molecule has 17 heavy (non-hydrogen) atoms. The van der Waals surface area contributed by atoms with Gasteiger partial charge in [0, 0.05) is 11.6 Å². The van der Waals surface area contributed by atoms with Gasteiger partial charge in [0.1, 0.15) is 0 Å². The zero-order chi connectivity index (χ0) is 12.3. The van der Waals surface area contributed by atoms with Crippen LogP contribution in [0.4, 0.5) is 0 Å². The molecule has 1 aromatic heterocycles. The number of ether oxygens (including phenoxy) is 1. The van der Waals surface area contributed by atoms with E-state index in [0.717, 1.165) is 5.56 Å². The molecule has 0 radical (unpaired) electrons. The first-order chi connectivity index (χ1) is 8.22. The fourth-order valence-corrected chi connectivity index (χ4v) is 1.40. The monoisotopic (exact) mass is 229 g/mol. The van der Waals surface area contributed by atoms with Crippen LogP contribution in [-0.4, -0.2) is 18.2 Å². The molecule has 86 valence electrons. The van der Waals surface area contributed by atoms with Gasteiger partial charge in [-0.2, -0.15) is 0 Å². The quantitative estimate of drug-likeness (QED) is 0.759. The zero-order valence-corrected chi connectivity index (χ0v) is 9.34. The third kappa shape index (κ3) is 2.25. The van der Waals surface area contributed by atoms with Crippen LogP contribution in [0.5, 0.6) is 0 Å². The Bertz CT molecular complexity index is 543. The maximum Gasteiger partial charge on any atom is 0.360 e. The van der Waals surface area contributed by atoms with Gasteiger partial charge in [-0.25, -0.2) is 4.79 Å². The van der Waals surface area contributed by atoms with Gasteiger partial charge < -0.3 is 9.26 Å². The highest BCUT2D eigenvalue weighted by Crippen LogP contribution is 2.21. The summed E-state index contributed by atoms with van der Waals surface area (Å²) in [6, 6.07) is 11.0. The van der Waals surface area contributed by atoms with Crippen molar-refractivity contribution in [2.45, 2.75) is 0 Å². The summed E-state index contributed by atoms with van der Waals surface area (Å²) in [4.78, 5) is 11.2. The molecule has 0 saturated heterocycles. The molecule has 0 spiro atoms. The van der Waals surface area contributed by atoms with Crippen LogP contribution in [0.3, 0.4) is 0 Å². The van der Waals surface area contributed by atoms with E-state index < -0.39 is 5.97 Å². The van der Waals surface area contributed by atoms with Crippen LogP contribution in [0.2, 0.25) is 0 Å². The van der Waals surface area contributed by atoms with Crippen LogP contribution in [0.15, 0.2) is 47.5 Å². The van der Waals surface area contributed by atoms with Crippen LogP contribution < -0.4 is 0 Å². The van der Waals surface area contributed by atoms with Crippen molar-refractivity contribution in [2.24, 2.45) is 0 Å². The number of hydrogen-bond donors (Lipinski definition) is 0. The Morgan fingerprint density at radius 3 is 2.71 bits per heavy atom. The molecule has 0 bridgehead atoms. The standard InChI is InChI=1S/C13H11NO3/c1-9(10-6-4-3-5-7-10)12-8-11(14-17-12)13(15)16-2/h3-8H,1H2,2H3. The number of benzene rings is 1. The smallest absolute Gasteiger partial charge is 0.360 e. The minimum atomic E-state index is -0.527. The van der Waals surface area contributed by atoms with Crippen LogP contribution in [-0.2, 0) is 4.74 Å². The molecule has 0 N–H and O–H groups in total. The van der Waals surface area contributed by atoms with Crippen molar-refractivity contribution in [1.82, 2.24) is 5.16 Å². The van der Waals surface area contributed by atoms with Gasteiger partial charge >= 0.3 is 5.97 Å². The van der Waals surface area contributed by atoms with E-state index in [1.807, 2.05) is 30.3 Å². The molecule has 0 fully saturated rings. The van der Waals surface area contributed by atoms with Crippen molar-refractivity contribution in [1.29, 1.82) is 0 Å². The summed E-state index contributed by atoms with van der Waals surface area (Å²) >= 11 is 0. The molecule has 0 amide bonds. The number of rotatable bonds is 3. The third-order valence-corrected chi connectivity index (χ3v) is 2.32. The Morgan fingerprint density at radius 1 is 1.35 bits per heavy atom. The molecule has 0 saturated carbocycles. The molecule has 0 aliphatic heterocycles. The van der Waals surface area contributed by atoms with E-state index in [1.54, 1.807) is 0 Å². The van der Waals surface area contributed by atoms with Gasteiger partial charge in [-0.05, 0) is 5.56 Å². The van der Waals surface area contributed by atoms with Gasteiger partial charge in [0.25, 0.3) is 0 Å². The van der Waals surface area contributed by atoms with Crippen LogP contribution in [0.25, 0.3) is 5.57 Å². The number of esters is 1. The fourth-order valence-electron chi connectivity index (χ4n) is 1.40. The van der Waals surface area contributed by atoms with E-state index in [0.29, 0.717) is 11.3 Å². The highest BCUT2D eigenvalue weighted by atomic mass is 16.5. The summed E-state index contributed by atoms with van der Waals surface area (Å²) in [6.45, 7) is 3.91. The minimum Gasteiger partial charge on any atom is -0.464 e. The van der Waals surface area contributed by atoms with E-state index in [1.165, 1.54) is 13.2 Å². The Labute approximate surface area is 98.5 Å². The second kappa shape index (κ2) is 4.65. The number of aromatic nitrogens is 1. The fraction of sp³-hybridized carbons (Fsp3) is 0.0769. The Balaban J connectivity index is 2.27. The minimum absolute atomic E-state index is 0.139. The Hall–Kier alpha value is -2.36. The molecular formula is C13H11NO3. The average Bonchev–Trinajstić information content (AvgIpc) is 2.87. The zero-order valence-electron chi connectivity index (χ0n) is 9.34. The van der Waals surface area contributed by atoms with E-state index in [9.17, 15) is 4.79 Å². The second-order valence-electron chi connectivity index (χ2n) is 3.41. The van der Waals surface area contributed by atoms with Crippen molar-refractivity contribution in [3.05, 3.63) is 60.0 Å². The van der Waals surface area contributed by atoms with E-state index in [-0.39, 0.29) is 5.69 Å². The highest BCUT2D eigenvalue weighted by Gasteiger charge is 2.14. The third-order valence-electron chi connectivity index (χ3n) is 2.32. The molecule has 1 aromatic carbocycles. The molecule has 1 heterocycles. The van der Waals surface area contributed by atoms with Crippen molar-refractivity contribution in [3.8, 4) is 0 Å². The largest absolute Gasteiger partial charge is 0.464 e. The van der Waals surface area contributed by atoms with Crippen molar-refractivity contribution < 1.29 is 14.1 Å². The maximum atomic E-state index is 11.2. The molecule has 2 aromatic rings. The summed E-state index contributed by atoms with van der Waals surface area (Å²) in [5.41, 5.74) is 1.73. The van der Waals surface area contributed by atoms with Gasteiger partial charge in [0.15, 0.2) is 11.5 Å². The number of carbonyl (C=O) groups excluding carboxylic acids is 1. The molecule has 4 heteroatoms. The first kappa shape index (κ1) is 11.1. The predicted octanol–water partition coefficient (Wildman–Crippen LogP) is 2.52. The summed E-state index contributed by atoms with van der Waals surface area (Å²) in [5.74, 6) is -0.0718. The SMILES string of the molecule is C=C(c1ccccc1)c1cc(C(=O)OC)no1. The van der Waals surface area contributed by atoms with Gasteiger partial charge in [-0.1, -0.05) is 42.1 Å². The molecule has 0 atom stereocenters. The number of methoxy groups -OCH3 is 1. The van der Waals surface area contributed by atoms with Gasteiger partial charge in [-0.3, -0.25) is 0 Å². The maximum absolute atomic E-state index is 11.2. The first-order valence-corrected chi connectivity index (χ1v) is 5.02. The predicted molar refractivity (Wildman–Crippen MR) is 62.4 cm³/mol. The van der Waals surface area contributed by atoms with Crippen LogP contribution >= 0.6 is 0 Å². The Kier molecular flexibility index (Phi) is 3.05. The summed E-state index contributed by atoms with van der Waals surface area (Å²) in [7, 11) is 1.29. The highest BCUT2D eigenvalue weighted by molar-refractivity contribution is 5.88. The molecule has 0 aliphatic carbocycles. The topological polar surface area (TPSA) is 52.3 Å². The molecule has 0 unspecified atom stereocenters. The van der Waals surface area contributed by atoms with Crippen LogP contribution in [0, 0.1) is 0 Å². The molecular weight excluding hydrogens is 218 g/mol. The van der Waals surface area contributed by atoms with Gasteiger partial charge in [0.2, 0.25) is 0 Å². The van der Waals surface area contributed by atoms with Gasteiger partial charge in [0.05, 0.1) is 7.11 Å². The van der Waals surface area contributed by atoms with E-state index in [4.69, 9.17) is 4.52 Å². The molecule has 0 aliphatic rings. The van der Waals surface area contributed by atoms with E-state index >= 15 is 0 Å². The number of carbonyl (C=O) groups is 1. The lowest BCUT2D eigenvalue weighted by molar-refractivity contribution is 0.0589. The van der Waals surface area contributed by atoms with Crippen molar-refractivity contribution in [3.63, 3.8) is 0 Å². The Morgan fingerprint density at radius 2 is 2.06 bits per heavy atom. The lowest BCUT2D eigenvalue weighted by Crippen LogP contribution is -2.00. The van der Waals surface area contributed by atoms with Crippen molar-refractivity contribution in [2.75, 3.05) is 7.11 Å². The number of nitrogens with zero attached hydrogens (tertiary/aromatic N) is 1. The van der Waals surface area contributed by atoms with Crippen molar-refractivity contribution >= 4 is 11.5 Å². The lowest BCUT2D eigenvalue weighted by Gasteiger charge is -1.99. The van der Waals surface area contributed by atoms with Crippen LogP contribution in [0.1, 0.15) is 21.8 Å². The normalized spacial score (nSPS) is 9.94. The summed E-state index contributed by atoms with van der Waals surface area (Å²) in [6.07, 6.45) is 0. The number of hydrogen-bond acceptors (Lipinski definition) is 4. The summed E-state index contributed by atoms with van der Waals surface area (Å²) < 4.78 is 9.60. The summed E-state index contributed by atoms with van der Waals surface area (Å²) in [5, 5.41) is 3.62. The first-order valence-electron chi connectivity index (χ1n) is 5.02. The average molecular weight is 229 g/mol. The van der Waals surface area contributed by atoms with E-state index in [2.05, 4.69) is 16.5 Å². The second-order valence-corrected chi connectivity index (χ2v) is 3.41. The molecule has 2 rings (SSSR count).